The number of rotatable bonds is 43. The zero-order chi connectivity index (χ0) is 82.3. The van der Waals surface area contributed by atoms with Gasteiger partial charge in [-0.1, -0.05) is 259 Å². The lowest BCUT2D eigenvalue weighted by Crippen LogP contribution is -2.05. The summed E-state index contributed by atoms with van der Waals surface area (Å²) < 4.78 is 93.0. The van der Waals surface area contributed by atoms with Gasteiger partial charge in [-0.25, -0.2) is 0 Å². The average molecular weight is 1740 g/mol. The van der Waals surface area contributed by atoms with Gasteiger partial charge in [-0.3, -0.25) is 0 Å². The van der Waals surface area contributed by atoms with Crippen molar-refractivity contribution >= 4 is 31.9 Å². The number of benzene rings is 15. The van der Waals surface area contributed by atoms with Crippen molar-refractivity contribution in [1.29, 1.82) is 0 Å². The van der Waals surface area contributed by atoms with Crippen LogP contribution < -0.4 is 66.3 Å². The van der Waals surface area contributed by atoms with Gasteiger partial charge >= 0.3 is 0 Å². The first-order valence-corrected chi connectivity index (χ1v) is 41.9. The first-order valence-electron chi connectivity index (χ1n) is 40.0. The standard InChI is InChI=1S/C105H90Br2O14/c106-61-84-53-103(120-74-89-49-99(116-70-85-41-91(108-62-76-25-9-1-10-26-76)55-92(42-85)109-63-77-27-11-2-12-28-77)59-100(50-89)117-71-86-43-93(110-64-78-29-13-3-14-30-78)56-94(44-86)111-65-79-31-15-4-16-32-79)105(107)104(54-84)121-75-90-51-101(118-72-87-45-95(112-66-80-33-17-5-18-34-80)57-96(46-87)113-67-81-35-19-6-20-36-81)60-102(52-90)119-73-88-47-97(114-68-82-37-21-7-22-38-82)58-98(48-88)115-69-83-39-23-8-24-40-83/h1-60H,61-75H2. The molecule has 16 heteroatoms. The molecule has 0 aromatic heterocycles. The molecule has 608 valence electrons. The van der Waals surface area contributed by atoms with Crippen molar-refractivity contribution in [2.75, 3.05) is 0 Å². The van der Waals surface area contributed by atoms with E-state index in [1.165, 1.54) is 0 Å². The summed E-state index contributed by atoms with van der Waals surface area (Å²) >= 11 is 7.71. The zero-order valence-corrected chi connectivity index (χ0v) is 69.9. The molecule has 0 heterocycles. The topological polar surface area (TPSA) is 129 Å². The molecule has 0 unspecified atom stereocenters. The van der Waals surface area contributed by atoms with Crippen LogP contribution >= 0.6 is 31.9 Å². The molecule has 0 spiro atoms. The summed E-state index contributed by atoms with van der Waals surface area (Å²) in [5.74, 6) is 8.34. The van der Waals surface area contributed by atoms with E-state index in [-0.39, 0.29) is 39.6 Å². The molecule has 0 aliphatic rings. The lowest BCUT2D eigenvalue weighted by Gasteiger charge is -2.18. The molecule has 0 aliphatic heterocycles. The number of halogens is 2. The van der Waals surface area contributed by atoms with Crippen LogP contribution in [0.4, 0.5) is 0 Å². The van der Waals surface area contributed by atoms with Crippen LogP contribution in [0.2, 0.25) is 0 Å². The molecule has 0 N–H and O–H groups in total. The Morgan fingerprint density at radius 1 is 0.140 bits per heavy atom. The number of hydrogen-bond acceptors (Lipinski definition) is 14. The SMILES string of the molecule is BrCc1cc(OCc2cc(OCc3cc(OCc4ccccc4)cc(OCc4ccccc4)c3)cc(OCc3cc(OCc4ccccc4)cc(OCc4ccccc4)c3)c2)c(Br)c(OCc2cc(OCc3cc(OCc4ccccc4)cc(OCc4ccccc4)c3)cc(OCc3cc(OCc4ccccc4)cc(OCc4ccccc4)c3)c2)c1. The Balaban J connectivity index is 0.705. The lowest BCUT2D eigenvalue weighted by atomic mass is 10.1. The van der Waals surface area contributed by atoms with Crippen molar-refractivity contribution in [3.05, 3.63) is 452 Å². The highest BCUT2D eigenvalue weighted by Gasteiger charge is 2.18. The van der Waals surface area contributed by atoms with E-state index in [9.17, 15) is 0 Å². The van der Waals surface area contributed by atoms with E-state index in [2.05, 4.69) is 31.9 Å². The first-order chi connectivity index (χ1) is 59.7. The first kappa shape index (κ1) is 82.6. The summed E-state index contributed by atoms with van der Waals surface area (Å²) in [6.07, 6.45) is 0. The summed E-state index contributed by atoms with van der Waals surface area (Å²) in [5, 5.41) is 0.500. The largest absolute Gasteiger partial charge is 0.489 e. The second-order valence-corrected chi connectivity index (χ2v) is 30.2. The maximum Gasteiger partial charge on any atom is 0.138 e. The van der Waals surface area contributed by atoms with Gasteiger partial charge < -0.3 is 66.3 Å². The molecule has 0 radical (unpaired) electrons. The van der Waals surface area contributed by atoms with E-state index in [4.69, 9.17) is 66.3 Å². The van der Waals surface area contributed by atoms with Gasteiger partial charge in [0.05, 0.1) is 0 Å². The van der Waals surface area contributed by atoms with E-state index in [1.807, 2.05) is 364 Å². The van der Waals surface area contributed by atoms with Crippen LogP contribution in [0.25, 0.3) is 0 Å². The summed E-state index contributed by atoms with van der Waals surface area (Å²) in [5.41, 5.74) is 14.0. The highest BCUT2D eigenvalue weighted by molar-refractivity contribution is 9.10. The molecule has 0 atom stereocenters. The fourth-order valence-corrected chi connectivity index (χ4v) is 13.9. The Hall–Kier alpha value is -13.5. The molecule has 0 saturated carbocycles. The third-order valence-electron chi connectivity index (χ3n) is 19.3. The van der Waals surface area contributed by atoms with E-state index in [0.29, 0.717) is 143 Å². The van der Waals surface area contributed by atoms with Gasteiger partial charge in [0.15, 0.2) is 0 Å². The third-order valence-corrected chi connectivity index (χ3v) is 20.7. The van der Waals surface area contributed by atoms with Crippen molar-refractivity contribution < 1.29 is 66.3 Å². The summed E-state index contributed by atoms with van der Waals surface area (Å²) in [6, 6.07) is 120. The molecular weight excluding hydrogens is 1640 g/mol. The van der Waals surface area contributed by atoms with Gasteiger partial charge in [-0.05, 0) is 184 Å². The predicted molar refractivity (Wildman–Crippen MR) is 478 cm³/mol. The van der Waals surface area contributed by atoms with Gasteiger partial charge in [0.25, 0.3) is 0 Å². The van der Waals surface area contributed by atoms with Crippen molar-refractivity contribution in [2.24, 2.45) is 0 Å². The van der Waals surface area contributed by atoms with Gasteiger partial charge in [-0.15, -0.1) is 0 Å². The van der Waals surface area contributed by atoms with E-state index in [1.54, 1.807) is 0 Å². The number of ether oxygens (including phenoxy) is 14. The van der Waals surface area contributed by atoms with Crippen molar-refractivity contribution in [3.8, 4) is 80.5 Å². The van der Waals surface area contributed by atoms with Crippen molar-refractivity contribution in [3.63, 3.8) is 0 Å². The van der Waals surface area contributed by atoms with E-state index in [0.717, 1.165) is 83.5 Å². The molecule has 15 aromatic rings. The monoisotopic (exact) mass is 1730 g/mol. The summed E-state index contributed by atoms with van der Waals surface area (Å²) in [6.45, 7) is 3.80. The Morgan fingerprint density at radius 2 is 0.273 bits per heavy atom. The fraction of sp³-hybridized carbons (Fsp3) is 0.143. The van der Waals surface area contributed by atoms with Crippen molar-refractivity contribution in [1.82, 2.24) is 0 Å². The van der Waals surface area contributed by atoms with Gasteiger partial charge in [-0.2, -0.15) is 0 Å². The quantitative estimate of drug-likeness (QED) is 0.0336. The summed E-state index contributed by atoms with van der Waals surface area (Å²) in [7, 11) is 0. The Labute approximate surface area is 723 Å². The van der Waals surface area contributed by atoms with Crippen molar-refractivity contribution in [2.45, 2.75) is 97.8 Å². The van der Waals surface area contributed by atoms with Crippen LogP contribution in [0.3, 0.4) is 0 Å². The molecule has 0 aliphatic carbocycles. The minimum absolute atomic E-state index is 0.101. The molecule has 15 rings (SSSR count). The predicted octanol–water partition coefficient (Wildman–Crippen LogP) is 25.5. The highest BCUT2D eigenvalue weighted by Crippen LogP contribution is 2.40. The van der Waals surface area contributed by atoms with Crippen LogP contribution in [0.5, 0.6) is 80.5 Å². The molecule has 14 nitrogen and oxygen atoms in total. The molecule has 0 amide bonds. The van der Waals surface area contributed by atoms with Crippen LogP contribution in [0.1, 0.15) is 83.5 Å². The van der Waals surface area contributed by atoms with Gasteiger partial charge in [0, 0.05) is 41.7 Å². The van der Waals surface area contributed by atoms with Crippen LogP contribution in [-0.4, -0.2) is 0 Å². The normalized spacial score (nSPS) is 10.9. The highest BCUT2D eigenvalue weighted by atomic mass is 79.9. The molecule has 0 saturated heterocycles. The van der Waals surface area contributed by atoms with Crippen LogP contribution in [0, 0.1) is 0 Å². The number of hydrogen-bond donors (Lipinski definition) is 0. The Kier molecular flexibility index (Phi) is 29.5. The van der Waals surface area contributed by atoms with E-state index < -0.39 is 0 Å². The van der Waals surface area contributed by atoms with E-state index >= 15 is 0 Å². The minimum atomic E-state index is 0.101. The average Bonchev–Trinajstić information content (AvgIpc) is 0.829. The fourth-order valence-electron chi connectivity index (χ4n) is 13.1. The lowest BCUT2D eigenvalue weighted by molar-refractivity contribution is 0.269. The number of alkyl halides is 1. The molecule has 121 heavy (non-hydrogen) atoms. The molecule has 0 bridgehead atoms. The molecule has 0 fully saturated rings. The third kappa shape index (κ3) is 26.2. The maximum absolute atomic E-state index is 6.88. The van der Waals surface area contributed by atoms with Crippen LogP contribution in [0.15, 0.2) is 368 Å². The molecule has 15 aromatic carbocycles. The maximum atomic E-state index is 6.88. The zero-order valence-electron chi connectivity index (χ0n) is 66.7. The molecular formula is C105H90Br2O14. The second-order valence-electron chi connectivity index (χ2n) is 28.8. The smallest absolute Gasteiger partial charge is 0.138 e. The van der Waals surface area contributed by atoms with Crippen LogP contribution in [-0.2, 0) is 97.8 Å². The van der Waals surface area contributed by atoms with Gasteiger partial charge in [0.1, 0.15) is 177 Å². The summed E-state index contributed by atoms with van der Waals surface area (Å²) in [4.78, 5) is 0. The Morgan fingerprint density at radius 3 is 0.413 bits per heavy atom. The van der Waals surface area contributed by atoms with Gasteiger partial charge in [0.2, 0.25) is 0 Å². The second kappa shape index (κ2) is 43.2. The minimum Gasteiger partial charge on any atom is -0.489 e. The Bertz CT molecular complexity index is 4830.